The van der Waals surface area contributed by atoms with E-state index in [2.05, 4.69) is 15.9 Å². The number of aromatic nitrogens is 1. The van der Waals surface area contributed by atoms with Crippen LogP contribution in [-0.4, -0.2) is 29.0 Å². The van der Waals surface area contributed by atoms with Gasteiger partial charge in [-0.3, -0.25) is 9.59 Å². The molecule has 154 valence electrons. The van der Waals surface area contributed by atoms with Gasteiger partial charge in [0, 0.05) is 28.7 Å². The van der Waals surface area contributed by atoms with E-state index in [1.54, 1.807) is 47.0 Å². The largest absolute Gasteiger partial charge is 0.465 e. The number of rotatable bonds is 5. The zero-order valence-electron chi connectivity index (χ0n) is 16.9. The number of Topliss-reactive ketones (excluding diaryl/α,β-unsaturated/α-hetero) is 1. The lowest BCUT2D eigenvalue weighted by Gasteiger charge is -2.07. The summed E-state index contributed by atoms with van der Waals surface area (Å²) in [4.78, 5) is 38.5. The molecule has 0 N–H and O–H groups in total. The van der Waals surface area contributed by atoms with Gasteiger partial charge in [-0.25, -0.2) is 4.79 Å². The first-order valence-electron chi connectivity index (χ1n) is 9.55. The Balaban J connectivity index is 2.12. The zero-order valence-corrected chi connectivity index (χ0v) is 18.5. The van der Waals surface area contributed by atoms with Crippen molar-refractivity contribution in [1.29, 1.82) is 0 Å². The monoisotopic (exact) mass is 475 g/mol. The van der Waals surface area contributed by atoms with E-state index < -0.39 is 5.97 Å². The predicted octanol–water partition coefficient (Wildman–Crippen LogP) is 5.59. The number of ether oxygens (including phenoxy) is 1. The van der Waals surface area contributed by atoms with E-state index in [1.165, 1.54) is 14.0 Å². The Kier molecular flexibility index (Phi) is 5.57. The van der Waals surface area contributed by atoms with Gasteiger partial charge >= 0.3 is 5.97 Å². The van der Waals surface area contributed by atoms with Crippen LogP contribution in [0, 0.1) is 0 Å². The number of hydrogen-bond donors (Lipinski definition) is 0. The lowest BCUT2D eigenvalue weighted by atomic mass is 9.94. The van der Waals surface area contributed by atoms with Gasteiger partial charge in [0.05, 0.1) is 29.4 Å². The van der Waals surface area contributed by atoms with Crippen LogP contribution in [0.5, 0.6) is 0 Å². The fraction of sp³-hybridized carbons (Fsp3) is 0.0800. The average molecular weight is 476 g/mol. The molecule has 0 atom stereocenters. The number of esters is 1. The molecule has 6 heteroatoms. The molecule has 0 unspecified atom stereocenters. The molecule has 0 saturated carbocycles. The molecule has 5 nitrogen and oxygen atoms in total. The van der Waals surface area contributed by atoms with Gasteiger partial charge in [-0.15, -0.1) is 0 Å². The predicted molar refractivity (Wildman–Crippen MR) is 122 cm³/mol. The van der Waals surface area contributed by atoms with Crippen LogP contribution in [0.4, 0.5) is 0 Å². The summed E-state index contributed by atoms with van der Waals surface area (Å²) in [5.41, 5.74) is 3.28. The van der Waals surface area contributed by atoms with Crippen LogP contribution in [0.3, 0.4) is 0 Å². The Morgan fingerprint density at radius 2 is 1.58 bits per heavy atom. The van der Waals surface area contributed by atoms with Crippen LogP contribution in [0.1, 0.15) is 43.7 Å². The summed E-state index contributed by atoms with van der Waals surface area (Å²) < 4.78 is 7.40. The number of carbonyl (C=O) groups excluding carboxylic acids is 3. The number of fused-ring (bicyclic) bond motifs is 1. The van der Waals surface area contributed by atoms with Gasteiger partial charge in [-0.05, 0) is 29.8 Å². The molecule has 31 heavy (non-hydrogen) atoms. The van der Waals surface area contributed by atoms with Crippen LogP contribution in [0.15, 0.2) is 77.4 Å². The van der Waals surface area contributed by atoms with Crippen LogP contribution in [0.2, 0.25) is 0 Å². The van der Waals surface area contributed by atoms with Crippen LogP contribution in [0.25, 0.3) is 16.6 Å². The second-order valence-electron chi connectivity index (χ2n) is 7.02. The summed E-state index contributed by atoms with van der Waals surface area (Å²) in [5.74, 6) is -0.937. The van der Waals surface area contributed by atoms with Gasteiger partial charge in [0.2, 0.25) is 0 Å². The van der Waals surface area contributed by atoms with Crippen molar-refractivity contribution in [1.82, 2.24) is 4.40 Å². The summed E-state index contributed by atoms with van der Waals surface area (Å²) in [6, 6.07) is 19.5. The van der Waals surface area contributed by atoms with Gasteiger partial charge in [0.1, 0.15) is 0 Å². The van der Waals surface area contributed by atoms with Gasteiger partial charge in [-0.2, -0.15) is 0 Å². The van der Waals surface area contributed by atoms with E-state index in [9.17, 15) is 14.4 Å². The minimum absolute atomic E-state index is 0.189. The number of ketones is 2. The van der Waals surface area contributed by atoms with Gasteiger partial charge in [0.15, 0.2) is 11.6 Å². The number of benzene rings is 2. The highest BCUT2D eigenvalue weighted by Crippen LogP contribution is 2.36. The Morgan fingerprint density at radius 1 is 0.903 bits per heavy atom. The standard InChI is InChI=1S/C25H18BrNO4/c1-15(28)23-21(16-8-10-19(26)11-9-16)22(24(29)17-6-4-3-5-7-17)20-14-18(25(30)31-2)12-13-27(20)23/h3-14H,1-2H3. The second-order valence-corrected chi connectivity index (χ2v) is 7.93. The average Bonchev–Trinajstić information content (AvgIpc) is 3.13. The maximum Gasteiger partial charge on any atom is 0.337 e. The molecule has 0 aliphatic carbocycles. The first-order chi connectivity index (χ1) is 14.9. The van der Waals surface area contributed by atoms with Gasteiger partial charge in [-0.1, -0.05) is 58.4 Å². The molecule has 2 aromatic carbocycles. The summed E-state index contributed by atoms with van der Waals surface area (Å²) in [6.07, 6.45) is 1.63. The molecule has 0 spiro atoms. The van der Waals surface area contributed by atoms with Gasteiger partial charge < -0.3 is 9.14 Å². The van der Waals surface area contributed by atoms with Crippen molar-refractivity contribution in [3.63, 3.8) is 0 Å². The van der Waals surface area contributed by atoms with Crippen LogP contribution in [-0.2, 0) is 4.74 Å². The minimum atomic E-state index is -0.517. The Bertz CT molecular complexity index is 1320. The number of methoxy groups -OCH3 is 1. The number of carbonyl (C=O) groups is 3. The lowest BCUT2D eigenvalue weighted by molar-refractivity contribution is 0.0600. The summed E-state index contributed by atoms with van der Waals surface area (Å²) in [7, 11) is 1.30. The Labute approximate surface area is 187 Å². The number of pyridine rings is 1. The molecule has 2 aromatic heterocycles. The zero-order chi connectivity index (χ0) is 22.1. The van der Waals surface area contributed by atoms with E-state index in [1.807, 2.05) is 30.3 Å². The summed E-state index contributed by atoms with van der Waals surface area (Å²) >= 11 is 3.43. The highest BCUT2D eigenvalue weighted by molar-refractivity contribution is 9.10. The molecule has 2 heterocycles. The summed E-state index contributed by atoms with van der Waals surface area (Å²) in [5, 5.41) is 0. The molecule has 0 radical (unpaired) electrons. The highest BCUT2D eigenvalue weighted by atomic mass is 79.9. The Morgan fingerprint density at radius 3 is 2.19 bits per heavy atom. The topological polar surface area (TPSA) is 64.8 Å². The molecule has 4 aromatic rings. The quantitative estimate of drug-likeness (QED) is 0.278. The van der Waals surface area contributed by atoms with E-state index in [0.717, 1.165) is 10.0 Å². The van der Waals surface area contributed by atoms with E-state index in [4.69, 9.17) is 4.74 Å². The van der Waals surface area contributed by atoms with Crippen molar-refractivity contribution in [3.05, 3.63) is 99.8 Å². The number of halogens is 1. The fourth-order valence-electron chi connectivity index (χ4n) is 3.71. The SMILES string of the molecule is COC(=O)c1ccn2c(C(C)=O)c(-c3ccc(Br)cc3)c(C(=O)c3ccccc3)c2c1. The highest BCUT2D eigenvalue weighted by Gasteiger charge is 2.28. The smallest absolute Gasteiger partial charge is 0.337 e. The minimum Gasteiger partial charge on any atom is -0.465 e. The molecular weight excluding hydrogens is 458 g/mol. The fourth-order valence-corrected chi connectivity index (χ4v) is 3.97. The molecule has 0 aliphatic rings. The summed E-state index contributed by atoms with van der Waals surface area (Å²) in [6.45, 7) is 1.47. The van der Waals surface area contributed by atoms with Crippen molar-refractivity contribution in [2.24, 2.45) is 0 Å². The van der Waals surface area contributed by atoms with E-state index in [0.29, 0.717) is 33.5 Å². The van der Waals surface area contributed by atoms with Crippen molar-refractivity contribution < 1.29 is 19.1 Å². The first-order valence-corrected chi connectivity index (χ1v) is 10.3. The maximum absolute atomic E-state index is 13.7. The molecule has 0 amide bonds. The lowest BCUT2D eigenvalue weighted by Crippen LogP contribution is -2.05. The van der Waals surface area contributed by atoms with Crippen molar-refractivity contribution in [2.45, 2.75) is 6.92 Å². The van der Waals surface area contributed by atoms with Crippen molar-refractivity contribution in [2.75, 3.05) is 7.11 Å². The van der Waals surface area contributed by atoms with Crippen LogP contribution < -0.4 is 0 Å². The van der Waals surface area contributed by atoms with Crippen LogP contribution >= 0.6 is 15.9 Å². The molecule has 0 fully saturated rings. The van der Waals surface area contributed by atoms with E-state index in [-0.39, 0.29) is 11.6 Å². The third-order valence-corrected chi connectivity index (χ3v) is 5.62. The molecule has 0 bridgehead atoms. The number of nitrogens with zero attached hydrogens (tertiary/aromatic N) is 1. The number of hydrogen-bond acceptors (Lipinski definition) is 4. The molecule has 0 aliphatic heterocycles. The van der Waals surface area contributed by atoms with Crippen molar-refractivity contribution >= 4 is 39.0 Å². The first kappa shape index (κ1) is 20.8. The van der Waals surface area contributed by atoms with E-state index >= 15 is 0 Å². The Hall–Kier alpha value is -3.51. The second kappa shape index (κ2) is 8.32. The maximum atomic E-state index is 13.7. The normalized spacial score (nSPS) is 10.8. The van der Waals surface area contributed by atoms with Crippen molar-refractivity contribution in [3.8, 4) is 11.1 Å². The third-order valence-electron chi connectivity index (χ3n) is 5.09. The third kappa shape index (κ3) is 3.70. The molecular formula is C25H18BrNO4. The van der Waals surface area contributed by atoms with Gasteiger partial charge in [0.25, 0.3) is 0 Å². The molecule has 0 saturated heterocycles. The molecule has 4 rings (SSSR count).